The van der Waals surface area contributed by atoms with Crippen LogP contribution in [-0.2, 0) is 0 Å². The van der Waals surface area contributed by atoms with Crippen LogP contribution in [0.15, 0.2) is 42.5 Å². The molecule has 0 heterocycles. The van der Waals surface area contributed by atoms with Crippen LogP contribution in [0.2, 0.25) is 5.02 Å². The number of hydrogen-bond donors (Lipinski definition) is 0. The van der Waals surface area contributed by atoms with Crippen molar-refractivity contribution in [2.45, 2.75) is 6.92 Å². The summed E-state index contributed by atoms with van der Waals surface area (Å²) in [5.41, 5.74) is 3.84. The van der Waals surface area contributed by atoms with E-state index in [1.54, 1.807) is 12.1 Å². The number of benzene rings is 2. The molecular weight excluding hydrogens is 218 g/mol. The van der Waals surface area contributed by atoms with Gasteiger partial charge in [-0.3, -0.25) is 0 Å². The topological polar surface area (TPSA) is 23.8 Å². The lowest BCUT2D eigenvalue weighted by Crippen LogP contribution is -1.85. The lowest BCUT2D eigenvalue weighted by molar-refractivity contribution is 1.44. The largest absolute Gasteiger partial charge is 0.192 e. The van der Waals surface area contributed by atoms with Crippen molar-refractivity contribution in [3.8, 4) is 17.2 Å². The zero-order valence-corrected chi connectivity index (χ0v) is 9.62. The Kier molecular flexibility index (Phi) is 2.94. The average Bonchev–Trinajstić information content (AvgIpc) is 2.30. The van der Waals surface area contributed by atoms with E-state index in [0.717, 1.165) is 11.1 Å². The van der Waals surface area contributed by atoms with Gasteiger partial charge in [-0.2, -0.15) is 5.26 Å². The van der Waals surface area contributed by atoms with Crippen LogP contribution < -0.4 is 0 Å². The summed E-state index contributed by atoms with van der Waals surface area (Å²) in [5, 5.41) is 9.39. The van der Waals surface area contributed by atoms with Crippen molar-refractivity contribution in [2.75, 3.05) is 0 Å². The molecule has 0 unspecified atom stereocenters. The number of aryl methyl sites for hydroxylation is 1. The van der Waals surface area contributed by atoms with Crippen LogP contribution in [-0.4, -0.2) is 0 Å². The highest BCUT2D eigenvalue weighted by atomic mass is 35.5. The molecule has 0 N–H and O–H groups in total. The number of nitrogens with zero attached hydrogens (tertiary/aromatic N) is 1. The summed E-state index contributed by atoms with van der Waals surface area (Å²) in [4.78, 5) is 0. The number of nitriles is 1. The van der Waals surface area contributed by atoms with Gasteiger partial charge in [-0.1, -0.05) is 41.9 Å². The molecule has 0 fully saturated rings. The Morgan fingerprint density at radius 2 is 1.81 bits per heavy atom. The fourth-order valence-electron chi connectivity index (χ4n) is 1.68. The molecule has 2 aromatic carbocycles. The molecule has 0 radical (unpaired) electrons. The summed E-state index contributed by atoms with van der Waals surface area (Å²) >= 11 is 6.16. The second-order valence-corrected chi connectivity index (χ2v) is 4.03. The Balaban J connectivity index is 2.58. The van der Waals surface area contributed by atoms with Gasteiger partial charge in [0.25, 0.3) is 0 Å². The molecule has 0 aromatic heterocycles. The summed E-state index contributed by atoms with van der Waals surface area (Å²) in [5.74, 6) is 0. The van der Waals surface area contributed by atoms with Gasteiger partial charge in [0, 0.05) is 10.6 Å². The van der Waals surface area contributed by atoms with E-state index in [0.29, 0.717) is 10.6 Å². The Labute approximate surface area is 99.9 Å². The van der Waals surface area contributed by atoms with E-state index in [-0.39, 0.29) is 0 Å². The summed E-state index contributed by atoms with van der Waals surface area (Å²) in [6.45, 7) is 2.05. The quantitative estimate of drug-likeness (QED) is 0.717. The fraction of sp³-hybridized carbons (Fsp3) is 0.0714. The molecule has 0 spiro atoms. The van der Waals surface area contributed by atoms with Crippen LogP contribution in [0.25, 0.3) is 11.1 Å². The lowest BCUT2D eigenvalue weighted by atomic mass is 10.00. The van der Waals surface area contributed by atoms with Gasteiger partial charge >= 0.3 is 0 Å². The lowest BCUT2D eigenvalue weighted by Gasteiger charge is -2.07. The third-order valence-electron chi connectivity index (χ3n) is 2.53. The van der Waals surface area contributed by atoms with Gasteiger partial charge in [0.15, 0.2) is 0 Å². The molecule has 0 saturated heterocycles. The summed E-state index contributed by atoms with van der Waals surface area (Å²) in [6.07, 6.45) is 0. The molecular formula is C14H10ClN. The van der Waals surface area contributed by atoms with Crippen molar-refractivity contribution in [3.05, 3.63) is 58.6 Å². The van der Waals surface area contributed by atoms with Crippen LogP contribution in [0, 0.1) is 18.3 Å². The van der Waals surface area contributed by atoms with Crippen LogP contribution in [0.3, 0.4) is 0 Å². The van der Waals surface area contributed by atoms with Crippen molar-refractivity contribution in [3.63, 3.8) is 0 Å². The Hall–Kier alpha value is -1.78. The third-order valence-corrected chi connectivity index (χ3v) is 2.85. The maximum absolute atomic E-state index is 8.77. The Bertz CT molecular complexity index is 567. The van der Waals surface area contributed by atoms with Crippen LogP contribution in [0.5, 0.6) is 0 Å². The van der Waals surface area contributed by atoms with E-state index in [2.05, 4.69) is 6.07 Å². The van der Waals surface area contributed by atoms with E-state index in [1.807, 2.05) is 37.3 Å². The monoisotopic (exact) mass is 227 g/mol. The highest BCUT2D eigenvalue weighted by Crippen LogP contribution is 2.30. The minimum Gasteiger partial charge on any atom is -0.192 e. The highest BCUT2D eigenvalue weighted by molar-refractivity contribution is 6.33. The van der Waals surface area contributed by atoms with Gasteiger partial charge < -0.3 is 0 Å². The van der Waals surface area contributed by atoms with E-state index in [9.17, 15) is 0 Å². The molecule has 16 heavy (non-hydrogen) atoms. The van der Waals surface area contributed by atoms with Gasteiger partial charge in [-0.05, 0) is 30.2 Å². The van der Waals surface area contributed by atoms with Gasteiger partial charge in [-0.15, -0.1) is 0 Å². The van der Waals surface area contributed by atoms with Gasteiger partial charge in [-0.25, -0.2) is 0 Å². The molecule has 0 aliphatic rings. The fourth-order valence-corrected chi connectivity index (χ4v) is 1.96. The number of hydrogen-bond acceptors (Lipinski definition) is 1. The maximum atomic E-state index is 8.77. The molecule has 0 saturated carbocycles. The number of rotatable bonds is 1. The molecule has 0 aliphatic carbocycles. The molecule has 0 amide bonds. The smallest absolute Gasteiger partial charge is 0.0992 e. The van der Waals surface area contributed by atoms with Crippen molar-refractivity contribution < 1.29 is 0 Å². The second kappa shape index (κ2) is 4.38. The first-order chi connectivity index (χ1) is 7.72. The van der Waals surface area contributed by atoms with Crippen LogP contribution in [0.4, 0.5) is 0 Å². The van der Waals surface area contributed by atoms with E-state index < -0.39 is 0 Å². The van der Waals surface area contributed by atoms with Crippen LogP contribution >= 0.6 is 11.6 Å². The third kappa shape index (κ3) is 1.93. The van der Waals surface area contributed by atoms with Crippen LogP contribution in [0.1, 0.15) is 11.1 Å². The van der Waals surface area contributed by atoms with Gasteiger partial charge in [0.1, 0.15) is 0 Å². The first-order valence-electron chi connectivity index (χ1n) is 4.98. The minimum atomic E-state index is 0.585. The van der Waals surface area contributed by atoms with E-state index in [1.165, 1.54) is 5.56 Å². The molecule has 1 nitrogen and oxygen atoms in total. The van der Waals surface area contributed by atoms with Crippen molar-refractivity contribution in [2.24, 2.45) is 0 Å². The molecule has 78 valence electrons. The minimum absolute atomic E-state index is 0.585. The molecule has 2 heteroatoms. The zero-order chi connectivity index (χ0) is 11.5. The van der Waals surface area contributed by atoms with Gasteiger partial charge in [0.2, 0.25) is 0 Å². The highest BCUT2D eigenvalue weighted by Gasteiger charge is 2.06. The SMILES string of the molecule is Cc1ccccc1-c1ccc(C#N)cc1Cl. The molecule has 2 aromatic rings. The predicted molar refractivity (Wildman–Crippen MR) is 66.3 cm³/mol. The molecule has 0 aliphatic heterocycles. The van der Waals surface area contributed by atoms with E-state index >= 15 is 0 Å². The normalized spacial score (nSPS) is 9.81. The Morgan fingerprint density at radius 1 is 1.06 bits per heavy atom. The van der Waals surface area contributed by atoms with Crippen molar-refractivity contribution in [1.29, 1.82) is 5.26 Å². The first-order valence-corrected chi connectivity index (χ1v) is 5.36. The molecule has 2 rings (SSSR count). The summed E-state index contributed by atoms with van der Waals surface area (Å²) in [7, 11) is 0. The summed E-state index contributed by atoms with van der Waals surface area (Å²) in [6, 6.07) is 15.5. The average molecular weight is 228 g/mol. The van der Waals surface area contributed by atoms with E-state index in [4.69, 9.17) is 16.9 Å². The van der Waals surface area contributed by atoms with Crippen molar-refractivity contribution in [1.82, 2.24) is 0 Å². The summed E-state index contributed by atoms with van der Waals surface area (Å²) < 4.78 is 0. The molecule has 0 atom stereocenters. The predicted octanol–water partition coefficient (Wildman–Crippen LogP) is 4.19. The first kappa shape index (κ1) is 10.7. The molecule has 0 bridgehead atoms. The zero-order valence-electron chi connectivity index (χ0n) is 8.87. The van der Waals surface area contributed by atoms with Gasteiger partial charge in [0.05, 0.1) is 11.6 Å². The van der Waals surface area contributed by atoms with Crippen molar-refractivity contribution >= 4 is 11.6 Å². The maximum Gasteiger partial charge on any atom is 0.0992 e. The Morgan fingerprint density at radius 3 is 2.44 bits per heavy atom. The number of halogens is 1. The second-order valence-electron chi connectivity index (χ2n) is 3.62. The standard InChI is InChI=1S/C14H10ClN/c1-10-4-2-3-5-12(10)13-7-6-11(9-16)8-14(13)15/h2-8H,1H3.